The highest BCUT2D eigenvalue weighted by atomic mass is 16.5. The van der Waals surface area contributed by atoms with Gasteiger partial charge < -0.3 is 20.1 Å². The van der Waals surface area contributed by atoms with E-state index in [9.17, 15) is 4.79 Å². The van der Waals surface area contributed by atoms with Gasteiger partial charge in [0.05, 0.1) is 6.61 Å². The first-order valence-corrected chi connectivity index (χ1v) is 7.40. The van der Waals surface area contributed by atoms with E-state index in [2.05, 4.69) is 23.6 Å². The number of carbonyl (C=O) groups is 1. The lowest BCUT2D eigenvalue weighted by atomic mass is 10.1. The third-order valence-electron chi connectivity index (χ3n) is 3.36. The number of hydrogen-bond donors (Lipinski definition) is 2. The Bertz CT molecular complexity index is 473. The van der Waals surface area contributed by atoms with Crippen molar-refractivity contribution in [3.05, 3.63) is 29.3 Å². The van der Waals surface area contributed by atoms with Crippen molar-refractivity contribution in [2.24, 2.45) is 0 Å². The molecule has 2 N–H and O–H groups in total. The van der Waals surface area contributed by atoms with Crippen LogP contribution in [0.2, 0.25) is 0 Å². The van der Waals surface area contributed by atoms with Crippen molar-refractivity contribution in [1.82, 2.24) is 10.6 Å². The van der Waals surface area contributed by atoms with Crippen LogP contribution < -0.4 is 15.4 Å². The van der Waals surface area contributed by atoms with Gasteiger partial charge in [-0.15, -0.1) is 0 Å². The Morgan fingerprint density at radius 3 is 2.90 bits per heavy atom. The topological polar surface area (TPSA) is 59.6 Å². The maximum atomic E-state index is 11.6. The van der Waals surface area contributed by atoms with Crippen LogP contribution in [0.5, 0.6) is 5.75 Å². The summed E-state index contributed by atoms with van der Waals surface area (Å²) < 4.78 is 10.5. The molecule has 0 spiro atoms. The maximum Gasteiger partial charge on any atom is 0.258 e. The average molecular weight is 292 g/mol. The van der Waals surface area contributed by atoms with Gasteiger partial charge in [-0.05, 0) is 25.8 Å². The van der Waals surface area contributed by atoms with Crippen LogP contribution in [-0.2, 0) is 16.1 Å². The summed E-state index contributed by atoms with van der Waals surface area (Å²) in [6, 6.07) is 6.68. The summed E-state index contributed by atoms with van der Waals surface area (Å²) >= 11 is 0. The van der Waals surface area contributed by atoms with Crippen LogP contribution in [0.15, 0.2) is 18.2 Å². The van der Waals surface area contributed by atoms with E-state index < -0.39 is 0 Å². The van der Waals surface area contributed by atoms with Crippen LogP contribution >= 0.6 is 0 Å². The fourth-order valence-electron chi connectivity index (χ4n) is 2.02. The van der Waals surface area contributed by atoms with Crippen LogP contribution in [-0.4, -0.2) is 38.8 Å². The van der Waals surface area contributed by atoms with Crippen molar-refractivity contribution >= 4 is 5.91 Å². The lowest BCUT2D eigenvalue weighted by Gasteiger charge is -2.13. The van der Waals surface area contributed by atoms with Crippen LogP contribution in [0.25, 0.3) is 0 Å². The highest BCUT2D eigenvalue weighted by molar-refractivity contribution is 5.77. The molecule has 1 aromatic rings. The van der Waals surface area contributed by atoms with Crippen LogP contribution in [0.3, 0.4) is 0 Å². The summed E-state index contributed by atoms with van der Waals surface area (Å²) in [6.07, 6.45) is 2.51. The first-order valence-electron chi connectivity index (χ1n) is 7.40. The van der Waals surface area contributed by atoms with Gasteiger partial charge in [0.2, 0.25) is 0 Å². The van der Waals surface area contributed by atoms with E-state index in [1.54, 1.807) is 7.11 Å². The molecule has 0 radical (unpaired) electrons. The predicted octanol–water partition coefficient (Wildman–Crippen LogP) is 1.39. The first-order chi connectivity index (χ1) is 10.2. The predicted molar refractivity (Wildman–Crippen MR) is 81.4 cm³/mol. The number of amides is 1. The van der Waals surface area contributed by atoms with Crippen LogP contribution in [0.1, 0.15) is 24.0 Å². The maximum absolute atomic E-state index is 11.6. The Balaban J connectivity index is 1.84. The van der Waals surface area contributed by atoms with Crippen LogP contribution in [0.4, 0.5) is 0 Å². The Hall–Kier alpha value is -1.59. The summed E-state index contributed by atoms with van der Waals surface area (Å²) in [4.78, 5) is 11.6. The number of benzene rings is 1. The Morgan fingerprint density at radius 2 is 2.19 bits per heavy atom. The van der Waals surface area contributed by atoms with E-state index in [1.165, 1.54) is 18.4 Å². The summed E-state index contributed by atoms with van der Waals surface area (Å²) in [6.45, 7) is 3.88. The fourth-order valence-corrected chi connectivity index (χ4v) is 2.02. The van der Waals surface area contributed by atoms with E-state index in [1.807, 2.05) is 12.1 Å². The third-order valence-corrected chi connectivity index (χ3v) is 3.36. The molecular weight excluding hydrogens is 268 g/mol. The minimum absolute atomic E-state index is 0.0310. The minimum atomic E-state index is -0.131. The van der Waals surface area contributed by atoms with Crippen molar-refractivity contribution in [3.8, 4) is 5.75 Å². The molecular formula is C16H24N2O3. The van der Waals surface area contributed by atoms with E-state index in [4.69, 9.17) is 9.47 Å². The van der Waals surface area contributed by atoms with Gasteiger partial charge in [0.15, 0.2) is 6.61 Å². The summed E-state index contributed by atoms with van der Waals surface area (Å²) in [5.74, 6) is 0.643. The molecule has 1 amide bonds. The van der Waals surface area contributed by atoms with Gasteiger partial charge in [-0.3, -0.25) is 4.79 Å². The Labute approximate surface area is 126 Å². The average Bonchev–Trinajstić information content (AvgIpc) is 3.28. The van der Waals surface area contributed by atoms with Crippen LogP contribution in [0, 0.1) is 6.92 Å². The molecule has 0 aromatic heterocycles. The first kappa shape index (κ1) is 15.8. The third kappa shape index (κ3) is 5.73. The molecule has 1 aliphatic carbocycles. The normalized spacial score (nSPS) is 14.0. The highest BCUT2D eigenvalue weighted by Crippen LogP contribution is 2.23. The van der Waals surface area contributed by atoms with Crippen molar-refractivity contribution in [3.63, 3.8) is 0 Å². The highest BCUT2D eigenvalue weighted by Gasteiger charge is 2.20. The lowest BCUT2D eigenvalue weighted by Crippen LogP contribution is -2.31. The lowest BCUT2D eigenvalue weighted by molar-refractivity contribution is -0.123. The molecule has 1 saturated carbocycles. The van der Waals surface area contributed by atoms with E-state index in [-0.39, 0.29) is 12.5 Å². The second-order valence-corrected chi connectivity index (χ2v) is 5.40. The van der Waals surface area contributed by atoms with Gasteiger partial charge in [-0.25, -0.2) is 0 Å². The largest absolute Gasteiger partial charge is 0.483 e. The van der Waals surface area contributed by atoms with Gasteiger partial charge in [0.1, 0.15) is 5.75 Å². The zero-order valence-corrected chi connectivity index (χ0v) is 12.8. The van der Waals surface area contributed by atoms with Gasteiger partial charge in [0, 0.05) is 31.8 Å². The molecule has 0 aliphatic heterocycles. The number of methoxy groups -OCH3 is 1. The van der Waals surface area contributed by atoms with Gasteiger partial charge >= 0.3 is 0 Å². The SMILES string of the molecule is COCCNC(=O)COc1ccc(C)cc1CNC1CC1. The summed E-state index contributed by atoms with van der Waals surface area (Å²) in [5, 5.41) is 6.21. The number of rotatable bonds is 9. The van der Waals surface area contributed by atoms with Crippen molar-refractivity contribution in [2.45, 2.75) is 32.4 Å². The Kier molecular flexibility index (Phi) is 6.02. The van der Waals surface area contributed by atoms with Gasteiger partial charge in [0.25, 0.3) is 5.91 Å². The molecule has 0 atom stereocenters. The fraction of sp³-hybridized carbons (Fsp3) is 0.562. The summed E-state index contributed by atoms with van der Waals surface area (Å²) in [7, 11) is 1.61. The molecule has 0 heterocycles. The molecule has 0 saturated heterocycles. The van der Waals surface area contributed by atoms with Crippen molar-refractivity contribution in [2.75, 3.05) is 26.9 Å². The molecule has 1 fully saturated rings. The quantitative estimate of drug-likeness (QED) is 0.675. The monoisotopic (exact) mass is 292 g/mol. The molecule has 0 bridgehead atoms. The molecule has 2 rings (SSSR count). The van der Waals surface area contributed by atoms with Crippen molar-refractivity contribution in [1.29, 1.82) is 0 Å². The zero-order chi connectivity index (χ0) is 15.1. The minimum Gasteiger partial charge on any atom is -0.483 e. The second kappa shape index (κ2) is 8.00. The molecule has 5 heteroatoms. The number of carbonyl (C=O) groups excluding carboxylic acids is 1. The molecule has 5 nitrogen and oxygen atoms in total. The number of ether oxygens (including phenoxy) is 2. The number of aryl methyl sites for hydroxylation is 1. The molecule has 116 valence electrons. The smallest absolute Gasteiger partial charge is 0.258 e. The van der Waals surface area contributed by atoms with Gasteiger partial charge in [-0.1, -0.05) is 17.7 Å². The van der Waals surface area contributed by atoms with E-state index in [0.717, 1.165) is 17.9 Å². The molecule has 0 unspecified atom stereocenters. The van der Waals surface area contributed by atoms with Gasteiger partial charge in [-0.2, -0.15) is 0 Å². The second-order valence-electron chi connectivity index (χ2n) is 5.40. The standard InChI is InChI=1S/C16H24N2O3/c1-12-3-6-15(13(9-12)10-18-14-4-5-14)21-11-16(19)17-7-8-20-2/h3,6,9,14,18H,4-5,7-8,10-11H2,1-2H3,(H,17,19). The number of nitrogens with one attached hydrogen (secondary N) is 2. The molecule has 1 aliphatic rings. The summed E-state index contributed by atoms with van der Waals surface area (Å²) in [5.41, 5.74) is 2.30. The number of hydrogen-bond acceptors (Lipinski definition) is 4. The Morgan fingerprint density at radius 1 is 1.38 bits per heavy atom. The van der Waals surface area contributed by atoms with Crippen molar-refractivity contribution < 1.29 is 14.3 Å². The zero-order valence-electron chi connectivity index (χ0n) is 12.8. The molecule has 21 heavy (non-hydrogen) atoms. The molecule has 1 aromatic carbocycles. The van der Waals surface area contributed by atoms with E-state index in [0.29, 0.717) is 19.2 Å². The van der Waals surface area contributed by atoms with E-state index >= 15 is 0 Å².